The number of rotatable bonds is 4. The van der Waals surface area contributed by atoms with Crippen LogP contribution in [-0.4, -0.2) is 29.7 Å². The maximum absolute atomic E-state index is 13.5. The molecule has 1 saturated heterocycles. The maximum Gasteiger partial charge on any atom is 0.282 e. The lowest BCUT2D eigenvalue weighted by atomic mass is 9.91. The zero-order valence-electron chi connectivity index (χ0n) is 16.6. The van der Waals surface area contributed by atoms with Gasteiger partial charge in [-0.1, -0.05) is 48.7 Å². The molecule has 2 atom stereocenters. The molecule has 2 aliphatic heterocycles. The lowest BCUT2D eigenvalue weighted by Gasteiger charge is -2.28. The molecule has 158 valence electrons. The monoisotopic (exact) mass is 448 g/mol. The van der Waals surface area contributed by atoms with Gasteiger partial charge in [-0.3, -0.25) is 15.2 Å². The van der Waals surface area contributed by atoms with Crippen molar-refractivity contribution in [3.8, 4) is 0 Å². The van der Waals surface area contributed by atoms with Crippen molar-refractivity contribution in [1.29, 1.82) is 0 Å². The second-order valence-corrected chi connectivity index (χ2v) is 8.54. The summed E-state index contributed by atoms with van der Waals surface area (Å²) in [6.07, 6.45) is 3.30. The number of nitrogens with one attached hydrogen (secondary N) is 1. The quantitative estimate of drug-likeness (QED) is 0.698. The van der Waals surface area contributed by atoms with E-state index in [0.717, 1.165) is 31.5 Å². The van der Waals surface area contributed by atoms with E-state index in [9.17, 15) is 9.18 Å². The van der Waals surface area contributed by atoms with Crippen LogP contribution in [0.4, 0.5) is 10.1 Å². The highest BCUT2D eigenvalue weighted by atomic mass is 35.5. The van der Waals surface area contributed by atoms with E-state index in [4.69, 9.17) is 23.2 Å². The van der Waals surface area contributed by atoms with Crippen molar-refractivity contribution in [2.24, 2.45) is 11.0 Å². The number of carbonyl (C=O) groups is 1. The summed E-state index contributed by atoms with van der Waals surface area (Å²) in [6, 6.07) is 11.1. The van der Waals surface area contributed by atoms with Gasteiger partial charge in [-0.25, -0.2) is 9.40 Å². The molecule has 0 spiro atoms. The van der Waals surface area contributed by atoms with E-state index in [2.05, 4.69) is 10.5 Å². The lowest BCUT2D eigenvalue weighted by Crippen LogP contribution is -2.48. The Hall–Kier alpha value is -2.15. The third-order valence-corrected chi connectivity index (χ3v) is 6.14. The van der Waals surface area contributed by atoms with Gasteiger partial charge in [0.05, 0.1) is 16.8 Å². The van der Waals surface area contributed by atoms with E-state index in [-0.39, 0.29) is 23.7 Å². The van der Waals surface area contributed by atoms with E-state index >= 15 is 0 Å². The fourth-order valence-electron chi connectivity index (χ4n) is 4.05. The minimum absolute atomic E-state index is 0.218. The summed E-state index contributed by atoms with van der Waals surface area (Å²) in [5, 5.41) is 9.30. The second kappa shape index (κ2) is 8.92. The first-order valence-corrected chi connectivity index (χ1v) is 10.8. The van der Waals surface area contributed by atoms with Crippen LogP contribution in [0.1, 0.15) is 37.8 Å². The van der Waals surface area contributed by atoms with Gasteiger partial charge in [0.2, 0.25) is 0 Å². The highest BCUT2D eigenvalue weighted by molar-refractivity contribution is 6.41. The third kappa shape index (κ3) is 4.31. The average Bonchev–Trinajstić information content (AvgIpc) is 3.06. The van der Waals surface area contributed by atoms with Crippen LogP contribution in [0.25, 0.3) is 0 Å². The van der Waals surface area contributed by atoms with E-state index in [1.165, 1.54) is 18.6 Å². The number of piperidine rings is 1. The van der Waals surface area contributed by atoms with Crippen LogP contribution in [0, 0.1) is 11.7 Å². The minimum Gasteiger partial charge on any atom is -0.284 e. The number of amides is 1. The molecule has 8 heteroatoms. The maximum atomic E-state index is 13.5. The summed E-state index contributed by atoms with van der Waals surface area (Å²) < 4.78 is 13.5. The summed E-state index contributed by atoms with van der Waals surface area (Å²) >= 11 is 12.5. The first-order chi connectivity index (χ1) is 14.4. The Morgan fingerprint density at radius 2 is 1.80 bits per heavy atom. The number of benzene rings is 2. The van der Waals surface area contributed by atoms with Crippen LogP contribution in [0.5, 0.6) is 0 Å². The average molecular weight is 449 g/mol. The van der Waals surface area contributed by atoms with Gasteiger partial charge in [0.25, 0.3) is 5.91 Å². The number of hydrogen-bond donors (Lipinski definition) is 1. The predicted octanol–water partition coefficient (Wildman–Crippen LogP) is 5.20. The fourth-order valence-corrected chi connectivity index (χ4v) is 4.55. The Kier molecular flexibility index (Phi) is 6.27. The minimum atomic E-state index is -0.315. The largest absolute Gasteiger partial charge is 0.284 e. The molecule has 0 radical (unpaired) electrons. The Morgan fingerprint density at radius 1 is 1.10 bits per heavy atom. The Bertz CT molecular complexity index is 960. The first-order valence-electron chi connectivity index (χ1n) is 10.1. The molecule has 0 unspecified atom stereocenters. The lowest BCUT2D eigenvalue weighted by molar-refractivity contribution is -0.120. The van der Waals surface area contributed by atoms with E-state index in [1.807, 2.05) is 11.9 Å². The normalized spacial score (nSPS) is 22.1. The van der Waals surface area contributed by atoms with Crippen molar-refractivity contribution < 1.29 is 9.18 Å². The second-order valence-electron chi connectivity index (χ2n) is 7.70. The zero-order valence-corrected chi connectivity index (χ0v) is 18.1. The highest BCUT2D eigenvalue weighted by Gasteiger charge is 2.40. The van der Waals surface area contributed by atoms with Crippen molar-refractivity contribution in [2.45, 2.75) is 32.2 Å². The van der Waals surface area contributed by atoms with Crippen molar-refractivity contribution in [3.63, 3.8) is 0 Å². The van der Waals surface area contributed by atoms with Gasteiger partial charge in [-0.2, -0.15) is 5.10 Å². The topological polar surface area (TPSA) is 47.9 Å². The molecule has 0 bridgehead atoms. The van der Waals surface area contributed by atoms with Crippen LogP contribution in [0.3, 0.4) is 0 Å². The third-order valence-electron chi connectivity index (χ3n) is 5.60. The molecule has 0 aliphatic carbocycles. The van der Waals surface area contributed by atoms with Gasteiger partial charge in [0.15, 0.2) is 0 Å². The Labute approximate surface area is 185 Å². The van der Waals surface area contributed by atoms with Crippen molar-refractivity contribution >= 4 is 40.5 Å². The van der Waals surface area contributed by atoms with Gasteiger partial charge < -0.3 is 0 Å². The van der Waals surface area contributed by atoms with Crippen LogP contribution in [0.2, 0.25) is 10.0 Å². The Morgan fingerprint density at radius 3 is 2.47 bits per heavy atom. The van der Waals surface area contributed by atoms with Crippen LogP contribution in [0.15, 0.2) is 47.6 Å². The van der Waals surface area contributed by atoms with Crippen molar-refractivity contribution in [2.75, 3.05) is 18.1 Å². The van der Waals surface area contributed by atoms with Crippen LogP contribution >= 0.6 is 23.2 Å². The number of hydrazone groups is 1. The SMILES string of the molecule is C[C@@H]1C(C(=O)NN2CCCCC2)=NN(c2ccc(Cl)cc2Cl)[C@@H]1c1ccc(F)cc1. The molecular weight excluding hydrogens is 426 g/mol. The molecule has 5 nitrogen and oxygen atoms in total. The molecule has 1 amide bonds. The van der Waals surface area contributed by atoms with Gasteiger partial charge in [0, 0.05) is 24.0 Å². The molecule has 2 aromatic carbocycles. The summed E-state index contributed by atoms with van der Waals surface area (Å²) in [7, 11) is 0. The van der Waals surface area contributed by atoms with E-state index in [0.29, 0.717) is 21.4 Å². The molecule has 0 aromatic heterocycles. The first kappa shape index (κ1) is 21.1. The zero-order chi connectivity index (χ0) is 21.3. The number of hydrazine groups is 1. The molecule has 2 aliphatic rings. The standard InChI is InChI=1S/C22H23Cl2FN4O/c1-14-20(22(30)27-28-11-3-2-4-12-28)26-29(19-10-7-16(23)13-18(19)24)21(14)15-5-8-17(25)9-6-15/h5-10,13-14,21H,2-4,11-12H2,1H3,(H,27,30)/t14-,21+/m1/s1. The predicted molar refractivity (Wildman–Crippen MR) is 118 cm³/mol. The van der Waals surface area contributed by atoms with Crippen LogP contribution in [-0.2, 0) is 4.79 Å². The fraction of sp³-hybridized carbons (Fsp3) is 0.364. The smallest absolute Gasteiger partial charge is 0.282 e. The van der Waals surface area contributed by atoms with Crippen LogP contribution < -0.4 is 10.4 Å². The number of anilines is 1. The van der Waals surface area contributed by atoms with E-state index < -0.39 is 0 Å². The molecule has 1 fully saturated rings. The molecule has 2 heterocycles. The number of nitrogens with zero attached hydrogens (tertiary/aromatic N) is 3. The van der Waals surface area contributed by atoms with Gasteiger partial charge in [0.1, 0.15) is 11.5 Å². The molecule has 4 rings (SSSR count). The highest BCUT2D eigenvalue weighted by Crippen LogP contribution is 2.42. The molecule has 0 saturated carbocycles. The molecule has 2 aromatic rings. The molecular formula is C22H23Cl2FN4O. The van der Waals surface area contributed by atoms with Crippen molar-refractivity contribution in [3.05, 3.63) is 63.9 Å². The van der Waals surface area contributed by atoms with Gasteiger partial charge in [-0.05, 0) is 48.7 Å². The van der Waals surface area contributed by atoms with Gasteiger partial charge >= 0.3 is 0 Å². The number of carbonyl (C=O) groups excluding carboxylic acids is 1. The van der Waals surface area contributed by atoms with Crippen molar-refractivity contribution in [1.82, 2.24) is 10.4 Å². The summed E-state index contributed by atoms with van der Waals surface area (Å²) in [5.74, 6) is -0.763. The number of halogens is 3. The molecule has 1 N–H and O–H groups in total. The van der Waals surface area contributed by atoms with Gasteiger partial charge in [-0.15, -0.1) is 0 Å². The summed E-state index contributed by atoms with van der Waals surface area (Å²) in [5.41, 5.74) is 4.90. The Balaban J connectivity index is 1.68. The number of hydrogen-bond acceptors (Lipinski definition) is 4. The molecule has 30 heavy (non-hydrogen) atoms. The van der Waals surface area contributed by atoms with E-state index in [1.54, 1.807) is 35.3 Å². The summed E-state index contributed by atoms with van der Waals surface area (Å²) in [6.45, 7) is 3.62. The summed E-state index contributed by atoms with van der Waals surface area (Å²) in [4.78, 5) is 13.0.